The van der Waals surface area contributed by atoms with Crippen molar-refractivity contribution in [3.63, 3.8) is 0 Å². The molecule has 0 saturated carbocycles. The average molecular weight is 186 g/mol. The second-order valence-corrected chi connectivity index (χ2v) is 2.88. The summed E-state index contributed by atoms with van der Waals surface area (Å²) >= 11 is 0. The first-order valence-corrected chi connectivity index (χ1v) is 4.24. The molecule has 4 nitrogen and oxygen atoms in total. The van der Waals surface area contributed by atoms with Crippen molar-refractivity contribution in [2.75, 3.05) is 11.1 Å². The van der Waals surface area contributed by atoms with Crippen molar-refractivity contribution < 1.29 is 0 Å². The summed E-state index contributed by atoms with van der Waals surface area (Å²) < 4.78 is 0. The largest absolute Gasteiger partial charge is 0.399 e. The van der Waals surface area contributed by atoms with Crippen molar-refractivity contribution in [2.24, 2.45) is 0 Å². The molecular weight excluding hydrogens is 176 g/mol. The zero-order chi connectivity index (χ0) is 9.80. The van der Waals surface area contributed by atoms with Crippen molar-refractivity contribution in [1.29, 1.82) is 0 Å². The Kier molecular flexibility index (Phi) is 2.27. The number of nitrogen functional groups attached to an aromatic ring is 1. The van der Waals surface area contributed by atoms with Crippen LogP contribution in [0.15, 0.2) is 42.7 Å². The molecule has 0 unspecified atom stereocenters. The monoisotopic (exact) mass is 186 g/mol. The molecule has 0 aliphatic carbocycles. The molecule has 0 saturated heterocycles. The minimum atomic E-state index is 0.733. The smallest absolute Gasteiger partial charge is 0.0731 e. The number of hydrogen-bond donors (Lipinski definition) is 2. The van der Waals surface area contributed by atoms with Gasteiger partial charge in [0.2, 0.25) is 0 Å². The number of rotatable bonds is 2. The van der Waals surface area contributed by atoms with Gasteiger partial charge in [-0.3, -0.25) is 0 Å². The van der Waals surface area contributed by atoms with Crippen molar-refractivity contribution in [2.45, 2.75) is 0 Å². The third kappa shape index (κ3) is 1.98. The number of anilines is 3. The van der Waals surface area contributed by atoms with Gasteiger partial charge in [0.25, 0.3) is 0 Å². The predicted octanol–water partition coefficient (Wildman–Crippen LogP) is 1.80. The second-order valence-electron chi connectivity index (χ2n) is 2.88. The Labute approximate surface area is 81.8 Å². The Morgan fingerprint density at radius 2 is 2.00 bits per heavy atom. The molecule has 0 bridgehead atoms. The van der Waals surface area contributed by atoms with Gasteiger partial charge in [-0.1, -0.05) is 6.07 Å². The number of aromatic nitrogens is 2. The van der Waals surface area contributed by atoms with Crippen LogP contribution in [0.2, 0.25) is 0 Å². The molecule has 3 N–H and O–H groups in total. The summed E-state index contributed by atoms with van der Waals surface area (Å²) in [5, 5.41) is 10.6. The van der Waals surface area contributed by atoms with Crippen molar-refractivity contribution in [3.8, 4) is 0 Å². The maximum Gasteiger partial charge on any atom is 0.0731 e. The van der Waals surface area contributed by atoms with Gasteiger partial charge in [0.05, 0.1) is 18.1 Å². The van der Waals surface area contributed by atoms with Crippen LogP contribution >= 0.6 is 0 Å². The highest BCUT2D eigenvalue weighted by Crippen LogP contribution is 2.16. The van der Waals surface area contributed by atoms with Gasteiger partial charge in [-0.2, -0.15) is 10.2 Å². The Hall–Kier alpha value is -2.10. The molecule has 0 atom stereocenters. The quantitative estimate of drug-likeness (QED) is 0.702. The maximum atomic E-state index is 5.64. The summed E-state index contributed by atoms with van der Waals surface area (Å²) in [5.41, 5.74) is 8.21. The van der Waals surface area contributed by atoms with Crippen LogP contribution in [0.5, 0.6) is 0 Å². The molecule has 0 aliphatic heterocycles. The highest BCUT2D eigenvalue weighted by molar-refractivity contribution is 5.62. The summed E-state index contributed by atoms with van der Waals surface area (Å²) in [6, 6.07) is 9.38. The Morgan fingerprint density at radius 1 is 1.07 bits per heavy atom. The summed E-state index contributed by atoms with van der Waals surface area (Å²) in [7, 11) is 0. The molecule has 0 fully saturated rings. The van der Waals surface area contributed by atoms with E-state index in [0.717, 1.165) is 17.1 Å². The number of nitrogens with zero attached hydrogens (tertiary/aromatic N) is 2. The van der Waals surface area contributed by atoms with E-state index in [1.165, 1.54) is 0 Å². The molecule has 1 heterocycles. The molecule has 2 aromatic rings. The lowest BCUT2D eigenvalue weighted by molar-refractivity contribution is 1.03. The fourth-order valence-corrected chi connectivity index (χ4v) is 1.15. The number of nitrogens with two attached hydrogens (primary N) is 1. The van der Waals surface area contributed by atoms with Gasteiger partial charge < -0.3 is 11.1 Å². The zero-order valence-electron chi connectivity index (χ0n) is 7.51. The molecular formula is C10H10N4. The lowest BCUT2D eigenvalue weighted by Gasteiger charge is -2.05. The van der Waals surface area contributed by atoms with Crippen LogP contribution in [0.4, 0.5) is 17.1 Å². The molecule has 0 aliphatic rings. The molecule has 2 rings (SSSR count). The van der Waals surface area contributed by atoms with Crippen LogP contribution < -0.4 is 11.1 Å². The highest BCUT2D eigenvalue weighted by atomic mass is 15.1. The highest BCUT2D eigenvalue weighted by Gasteiger charge is 1.93. The van der Waals surface area contributed by atoms with E-state index in [9.17, 15) is 0 Å². The number of nitrogens with one attached hydrogen (secondary N) is 1. The van der Waals surface area contributed by atoms with Crippen molar-refractivity contribution in [3.05, 3.63) is 42.7 Å². The molecule has 1 aromatic carbocycles. The van der Waals surface area contributed by atoms with E-state index in [-0.39, 0.29) is 0 Å². The van der Waals surface area contributed by atoms with E-state index in [0.29, 0.717) is 0 Å². The second kappa shape index (κ2) is 3.74. The first-order valence-electron chi connectivity index (χ1n) is 4.24. The molecule has 4 heteroatoms. The predicted molar refractivity (Wildman–Crippen MR) is 56.2 cm³/mol. The Bertz CT molecular complexity index is 413. The van der Waals surface area contributed by atoms with Crippen LogP contribution in [0, 0.1) is 0 Å². The van der Waals surface area contributed by atoms with Gasteiger partial charge in [-0.05, 0) is 24.3 Å². The molecule has 14 heavy (non-hydrogen) atoms. The summed E-state index contributed by atoms with van der Waals surface area (Å²) in [6.07, 6.45) is 3.29. The SMILES string of the molecule is Nc1cccc(Nc2ccnnc2)c1. The summed E-state index contributed by atoms with van der Waals surface area (Å²) in [5.74, 6) is 0. The van der Waals surface area contributed by atoms with Gasteiger partial charge >= 0.3 is 0 Å². The molecule has 1 aromatic heterocycles. The molecule has 0 spiro atoms. The minimum Gasteiger partial charge on any atom is -0.399 e. The van der Waals surface area contributed by atoms with Gasteiger partial charge in [-0.25, -0.2) is 0 Å². The van der Waals surface area contributed by atoms with E-state index in [1.807, 2.05) is 30.3 Å². The van der Waals surface area contributed by atoms with Crippen molar-refractivity contribution in [1.82, 2.24) is 10.2 Å². The molecule has 0 radical (unpaired) electrons. The van der Waals surface area contributed by atoms with Crippen LogP contribution in [-0.2, 0) is 0 Å². The van der Waals surface area contributed by atoms with Gasteiger partial charge in [0, 0.05) is 11.4 Å². The number of benzene rings is 1. The van der Waals surface area contributed by atoms with E-state index < -0.39 is 0 Å². The molecule has 70 valence electrons. The fourth-order valence-electron chi connectivity index (χ4n) is 1.15. The first kappa shape index (κ1) is 8.50. The third-order valence-corrected chi connectivity index (χ3v) is 1.76. The van der Waals surface area contributed by atoms with Crippen LogP contribution in [0.1, 0.15) is 0 Å². The average Bonchev–Trinajstić information content (AvgIpc) is 2.19. The Morgan fingerprint density at radius 3 is 2.71 bits per heavy atom. The number of hydrogen-bond acceptors (Lipinski definition) is 4. The van der Waals surface area contributed by atoms with E-state index >= 15 is 0 Å². The molecule has 0 amide bonds. The first-order chi connectivity index (χ1) is 6.84. The lowest BCUT2D eigenvalue weighted by Crippen LogP contribution is -1.92. The third-order valence-electron chi connectivity index (χ3n) is 1.76. The fraction of sp³-hybridized carbons (Fsp3) is 0. The minimum absolute atomic E-state index is 0.733. The van der Waals surface area contributed by atoms with Crippen LogP contribution in [0.3, 0.4) is 0 Å². The lowest BCUT2D eigenvalue weighted by atomic mass is 10.3. The van der Waals surface area contributed by atoms with Crippen molar-refractivity contribution >= 4 is 17.1 Å². The van der Waals surface area contributed by atoms with Crippen LogP contribution in [0.25, 0.3) is 0 Å². The van der Waals surface area contributed by atoms with Crippen LogP contribution in [-0.4, -0.2) is 10.2 Å². The van der Waals surface area contributed by atoms with Gasteiger partial charge in [-0.15, -0.1) is 0 Å². The standard InChI is InChI=1S/C10H10N4/c11-8-2-1-3-9(6-8)14-10-4-5-12-13-7-10/h1-7H,11H2,(H,12,14). The Balaban J connectivity index is 2.19. The normalized spacial score (nSPS) is 9.71. The van der Waals surface area contributed by atoms with E-state index in [1.54, 1.807) is 12.4 Å². The zero-order valence-corrected chi connectivity index (χ0v) is 7.51. The topological polar surface area (TPSA) is 63.8 Å². The van der Waals surface area contributed by atoms with Gasteiger partial charge in [0.1, 0.15) is 0 Å². The van der Waals surface area contributed by atoms with Gasteiger partial charge in [0.15, 0.2) is 0 Å². The van der Waals surface area contributed by atoms with E-state index in [4.69, 9.17) is 5.73 Å². The summed E-state index contributed by atoms with van der Waals surface area (Å²) in [6.45, 7) is 0. The van der Waals surface area contributed by atoms with E-state index in [2.05, 4.69) is 15.5 Å². The maximum absolute atomic E-state index is 5.64. The summed E-state index contributed by atoms with van der Waals surface area (Å²) in [4.78, 5) is 0.